The van der Waals surface area contributed by atoms with Crippen LogP contribution in [0.3, 0.4) is 0 Å². The molecule has 1 saturated heterocycles. The van der Waals surface area contributed by atoms with Gasteiger partial charge in [0.15, 0.2) is 5.96 Å². The molecule has 1 aromatic rings. The third-order valence-electron chi connectivity index (χ3n) is 3.91. The maximum Gasteiger partial charge on any atom is 0.242 e. The van der Waals surface area contributed by atoms with Crippen molar-refractivity contribution in [1.82, 2.24) is 10.6 Å². The van der Waals surface area contributed by atoms with Gasteiger partial charge in [-0.05, 0) is 71.7 Å². The van der Waals surface area contributed by atoms with Gasteiger partial charge in [-0.25, -0.2) is 4.99 Å². The Hall–Kier alpha value is -1.55. The van der Waals surface area contributed by atoms with Gasteiger partial charge in [0, 0.05) is 24.4 Å². The smallest absolute Gasteiger partial charge is 0.242 e. The molecule has 1 aliphatic rings. The van der Waals surface area contributed by atoms with Crippen LogP contribution in [0.5, 0.6) is 5.75 Å². The lowest BCUT2D eigenvalue weighted by Crippen LogP contribution is -2.42. The fraction of sp³-hybridized carbons (Fsp3) is 0.619. The largest absolute Gasteiger partial charge is 0.491 e. The van der Waals surface area contributed by atoms with Gasteiger partial charge in [0.1, 0.15) is 12.3 Å². The number of aliphatic imine (C=N–C) groups is 1. The lowest BCUT2D eigenvalue weighted by Gasteiger charge is -2.20. The Labute approximate surface area is 191 Å². The van der Waals surface area contributed by atoms with Gasteiger partial charge in [-0.1, -0.05) is 0 Å². The molecule has 29 heavy (non-hydrogen) atoms. The van der Waals surface area contributed by atoms with Crippen LogP contribution in [0, 0.1) is 0 Å². The first-order chi connectivity index (χ1) is 13.2. The fourth-order valence-electron chi connectivity index (χ4n) is 2.79. The summed E-state index contributed by atoms with van der Waals surface area (Å²) in [7, 11) is 0. The minimum absolute atomic E-state index is 0. The first-order valence-electron chi connectivity index (χ1n) is 9.96. The van der Waals surface area contributed by atoms with E-state index in [4.69, 9.17) is 9.47 Å². The van der Waals surface area contributed by atoms with Crippen LogP contribution < -0.4 is 20.7 Å². The summed E-state index contributed by atoms with van der Waals surface area (Å²) in [4.78, 5) is 16.5. The van der Waals surface area contributed by atoms with Crippen molar-refractivity contribution in [2.45, 2.75) is 65.2 Å². The second-order valence-corrected chi connectivity index (χ2v) is 8.29. The van der Waals surface area contributed by atoms with E-state index in [1.807, 2.05) is 58.9 Å². The third kappa shape index (κ3) is 10.7. The molecular weight excluding hydrogens is 483 g/mol. The Morgan fingerprint density at radius 3 is 2.52 bits per heavy atom. The summed E-state index contributed by atoms with van der Waals surface area (Å²) >= 11 is 0. The molecule has 0 spiro atoms. The number of nitrogens with zero attached hydrogens (tertiary/aromatic N) is 1. The highest BCUT2D eigenvalue weighted by Crippen LogP contribution is 2.17. The van der Waals surface area contributed by atoms with Gasteiger partial charge in [-0.15, -0.1) is 24.0 Å². The van der Waals surface area contributed by atoms with Crippen molar-refractivity contribution in [3.05, 3.63) is 24.3 Å². The van der Waals surface area contributed by atoms with E-state index in [1.165, 1.54) is 0 Å². The van der Waals surface area contributed by atoms with E-state index in [-0.39, 0.29) is 54.2 Å². The lowest BCUT2D eigenvalue weighted by molar-refractivity contribution is -0.121. The maximum absolute atomic E-state index is 12.1. The Morgan fingerprint density at radius 2 is 1.97 bits per heavy atom. The summed E-state index contributed by atoms with van der Waals surface area (Å²) in [6.45, 7) is 11.3. The summed E-state index contributed by atoms with van der Waals surface area (Å²) in [5, 5.41) is 9.45. The van der Waals surface area contributed by atoms with Crippen molar-refractivity contribution in [2.75, 3.05) is 25.0 Å². The van der Waals surface area contributed by atoms with Crippen LogP contribution in [0.1, 0.15) is 47.5 Å². The zero-order chi connectivity index (χ0) is 20.6. The van der Waals surface area contributed by atoms with Gasteiger partial charge < -0.3 is 25.4 Å². The van der Waals surface area contributed by atoms with Crippen molar-refractivity contribution in [3.63, 3.8) is 0 Å². The number of hydrogen-bond donors (Lipinski definition) is 3. The molecule has 7 nitrogen and oxygen atoms in total. The van der Waals surface area contributed by atoms with Gasteiger partial charge >= 0.3 is 0 Å². The number of guanidine groups is 1. The Kier molecular flexibility index (Phi) is 10.7. The van der Waals surface area contributed by atoms with Crippen LogP contribution in [0.4, 0.5) is 5.69 Å². The van der Waals surface area contributed by atoms with Crippen molar-refractivity contribution < 1.29 is 14.3 Å². The number of ether oxygens (including phenoxy) is 2. The van der Waals surface area contributed by atoms with Crippen molar-refractivity contribution >= 4 is 41.5 Å². The molecule has 2 rings (SSSR count). The standard InChI is InChI=1S/C21H34N4O3.HI/c1-15(2)28-17-10-8-16(9-11-17)24-20(22-13-18-7-6-12-27-18)23-14-19(26)25-21(3,4)5;/h8-11,15,18H,6-7,12-14H2,1-5H3,(H,25,26)(H2,22,23,24);1H. The van der Waals surface area contributed by atoms with E-state index in [9.17, 15) is 4.79 Å². The van der Waals surface area contributed by atoms with Gasteiger partial charge in [0.05, 0.1) is 12.2 Å². The summed E-state index contributed by atoms with van der Waals surface area (Å²) < 4.78 is 11.3. The monoisotopic (exact) mass is 518 g/mol. The molecule has 1 atom stereocenters. The van der Waals surface area contributed by atoms with E-state index in [2.05, 4.69) is 20.9 Å². The van der Waals surface area contributed by atoms with Crippen LogP contribution in [-0.2, 0) is 9.53 Å². The van der Waals surface area contributed by atoms with Crippen molar-refractivity contribution in [1.29, 1.82) is 0 Å². The summed E-state index contributed by atoms with van der Waals surface area (Å²) in [6.07, 6.45) is 2.42. The zero-order valence-corrected chi connectivity index (χ0v) is 20.4. The Morgan fingerprint density at radius 1 is 1.28 bits per heavy atom. The van der Waals surface area contributed by atoms with E-state index in [1.54, 1.807) is 0 Å². The number of carbonyl (C=O) groups is 1. The summed E-state index contributed by atoms with van der Waals surface area (Å²) in [6, 6.07) is 7.67. The molecule has 1 aromatic carbocycles. The van der Waals surface area contributed by atoms with Crippen LogP contribution >= 0.6 is 24.0 Å². The van der Waals surface area contributed by atoms with E-state index in [0.29, 0.717) is 12.5 Å². The molecule has 8 heteroatoms. The molecule has 1 unspecified atom stereocenters. The van der Waals surface area contributed by atoms with E-state index >= 15 is 0 Å². The van der Waals surface area contributed by atoms with Crippen LogP contribution in [0.25, 0.3) is 0 Å². The van der Waals surface area contributed by atoms with Crippen molar-refractivity contribution in [2.24, 2.45) is 4.99 Å². The Balaban J connectivity index is 0.00000420. The fourth-order valence-corrected chi connectivity index (χ4v) is 2.79. The second kappa shape index (κ2) is 12.2. The first-order valence-corrected chi connectivity index (χ1v) is 9.96. The third-order valence-corrected chi connectivity index (χ3v) is 3.91. The van der Waals surface area contributed by atoms with Gasteiger partial charge in [0.25, 0.3) is 0 Å². The molecule has 164 valence electrons. The van der Waals surface area contributed by atoms with E-state index in [0.717, 1.165) is 30.9 Å². The normalized spacial score (nSPS) is 16.9. The average molecular weight is 518 g/mol. The molecular formula is C21H35IN4O3. The molecule has 3 N–H and O–H groups in total. The molecule has 1 heterocycles. The maximum atomic E-state index is 12.1. The number of benzene rings is 1. The second-order valence-electron chi connectivity index (χ2n) is 8.29. The van der Waals surface area contributed by atoms with E-state index < -0.39 is 0 Å². The predicted octanol–water partition coefficient (Wildman–Crippen LogP) is 3.54. The number of rotatable bonds is 7. The SMILES string of the molecule is CC(C)Oc1ccc(NC(=NCC(=O)NC(C)(C)C)NCC2CCCO2)cc1.I. The van der Waals surface area contributed by atoms with Gasteiger partial charge in [0.2, 0.25) is 5.91 Å². The quantitative estimate of drug-likeness (QED) is 0.292. The molecule has 1 aliphatic heterocycles. The minimum Gasteiger partial charge on any atom is -0.491 e. The highest BCUT2D eigenvalue weighted by Gasteiger charge is 2.17. The molecule has 0 bridgehead atoms. The zero-order valence-electron chi connectivity index (χ0n) is 18.1. The van der Waals surface area contributed by atoms with Gasteiger partial charge in [-0.2, -0.15) is 0 Å². The Bertz CT molecular complexity index is 651. The number of amides is 1. The molecule has 1 fully saturated rings. The van der Waals surface area contributed by atoms with Gasteiger partial charge in [-0.3, -0.25) is 4.79 Å². The van der Waals surface area contributed by atoms with Crippen LogP contribution in [0.15, 0.2) is 29.3 Å². The molecule has 0 radical (unpaired) electrons. The first kappa shape index (κ1) is 25.5. The van der Waals surface area contributed by atoms with Crippen LogP contribution in [0.2, 0.25) is 0 Å². The number of anilines is 1. The molecule has 0 saturated carbocycles. The minimum atomic E-state index is -0.280. The number of halogens is 1. The number of nitrogens with one attached hydrogen (secondary N) is 3. The number of carbonyl (C=O) groups excluding carboxylic acids is 1. The molecule has 0 aliphatic carbocycles. The summed E-state index contributed by atoms with van der Waals surface area (Å²) in [5.74, 6) is 1.25. The number of hydrogen-bond acceptors (Lipinski definition) is 4. The predicted molar refractivity (Wildman–Crippen MR) is 128 cm³/mol. The molecule has 0 aromatic heterocycles. The average Bonchev–Trinajstić information content (AvgIpc) is 3.10. The lowest BCUT2D eigenvalue weighted by atomic mass is 10.1. The van der Waals surface area contributed by atoms with Crippen molar-refractivity contribution in [3.8, 4) is 5.75 Å². The topological polar surface area (TPSA) is 84.0 Å². The highest BCUT2D eigenvalue weighted by atomic mass is 127. The molecule has 1 amide bonds. The summed E-state index contributed by atoms with van der Waals surface area (Å²) in [5.41, 5.74) is 0.586. The highest BCUT2D eigenvalue weighted by molar-refractivity contribution is 14.0. The van der Waals surface area contributed by atoms with Crippen LogP contribution in [-0.4, -0.2) is 49.3 Å².